The maximum atomic E-state index is 11.1. The van der Waals surface area contributed by atoms with Crippen LogP contribution in [0, 0.1) is 0 Å². The van der Waals surface area contributed by atoms with E-state index in [4.69, 9.17) is 10.7 Å². The molecule has 1 aliphatic heterocycles. The van der Waals surface area contributed by atoms with Gasteiger partial charge >= 0.3 is 0 Å². The summed E-state index contributed by atoms with van der Waals surface area (Å²) in [7, 11) is 1.57. The highest BCUT2D eigenvalue weighted by atomic mass is 35.7. The minimum atomic E-state index is -3.66. The van der Waals surface area contributed by atoms with Crippen molar-refractivity contribution >= 4 is 25.6 Å². The molecule has 1 aromatic carbocycles. The second-order valence-electron chi connectivity index (χ2n) is 4.05. The summed E-state index contributed by atoms with van der Waals surface area (Å²) in [6.45, 7) is 0.603. The molecular weight excluding hydrogens is 262 g/mol. The molecule has 1 amide bonds. The van der Waals surface area contributed by atoms with Crippen molar-refractivity contribution in [1.82, 2.24) is 5.32 Å². The van der Waals surface area contributed by atoms with E-state index in [-0.39, 0.29) is 16.7 Å². The molecule has 0 radical (unpaired) electrons. The quantitative estimate of drug-likeness (QED) is 0.833. The number of carbonyl (C=O) groups is 1. The monoisotopic (exact) mass is 273 g/mol. The van der Waals surface area contributed by atoms with E-state index in [0.717, 1.165) is 12.0 Å². The van der Waals surface area contributed by atoms with Crippen molar-refractivity contribution in [2.45, 2.75) is 23.7 Å². The summed E-state index contributed by atoms with van der Waals surface area (Å²) in [5, 5.41) is 2.79. The van der Waals surface area contributed by atoms with Gasteiger partial charge in [0.2, 0.25) is 5.91 Å². The average Bonchev–Trinajstić information content (AvgIpc) is 2.29. The van der Waals surface area contributed by atoms with Gasteiger partial charge in [0.25, 0.3) is 9.05 Å². The van der Waals surface area contributed by atoms with E-state index >= 15 is 0 Å². The Hall–Kier alpha value is -1.07. The van der Waals surface area contributed by atoms with Gasteiger partial charge in [-0.15, -0.1) is 0 Å². The van der Waals surface area contributed by atoms with E-state index in [0.29, 0.717) is 13.0 Å². The third kappa shape index (κ3) is 2.98. The van der Waals surface area contributed by atoms with Crippen LogP contribution in [0.3, 0.4) is 0 Å². The molecule has 2 rings (SSSR count). The SMILES string of the molecule is O=C1CCC(c2ccc(S(=O)(=O)Cl)cc2)CN1. The van der Waals surface area contributed by atoms with E-state index in [1.54, 1.807) is 12.1 Å². The van der Waals surface area contributed by atoms with Crippen molar-refractivity contribution < 1.29 is 13.2 Å². The van der Waals surface area contributed by atoms with Crippen LogP contribution in [0.5, 0.6) is 0 Å². The molecule has 17 heavy (non-hydrogen) atoms. The number of rotatable bonds is 2. The molecule has 1 saturated heterocycles. The third-order valence-corrected chi connectivity index (χ3v) is 4.27. The van der Waals surface area contributed by atoms with E-state index < -0.39 is 9.05 Å². The predicted molar refractivity (Wildman–Crippen MR) is 64.5 cm³/mol. The number of benzene rings is 1. The molecule has 1 unspecified atom stereocenters. The highest BCUT2D eigenvalue weighted by Gasteiger charge is 2.20. The Morgan fingerprint density at radius 1 is 1.24 bits per heavy atom. The molecule has 1 fully saturated rings. The molecule has 92 valence electrons. The van der Waals surface area contributed by atoms with E-state index in [1.807, 2.05) is 0 Å². The highest BCUT2D eigenvalue weighted by molar-refractivity contribution is 8.13. The van der Waals surface area contributed by atoms with E-state index in [9.17, 15) is 13.2 Å². The molecule has 6 heteroatoms. The second kappa shape index (κ2) is 4.66. The number of hydrogen-bond donors (Lipinski definition) is 1. The number of hydrogen-bond acceptors (Lipinski definition) is 3. The molecular formula is C11H12ClNO3S. The zero-order chi connectivity index (χ0) is 12.5. The van der Waals surface area contributed by atoms with Gasteiger partial charge in [-0.2, -0.15) is 0 Å². The van der Waals surface area contributed by atoms with Gasteiger partial charge in [0.05, 0.1) is 4.90 Å². The summed E-state index contributed by atoms with van der Waals surface area (Å²) in [6, 6.07) is 6.48. The summed E-state index contributed by atoms with van der Waals surface area (Å²) in [4.78, 5) is 11.1. The van der Waals surface area contributed by atoms with Crippen LogP contribution in [-0.2, 0) is 13.8 Å². The Morgan fingerprint density at radius 3 is 2.35 bits per heavy atom. The molecule has 0 saturated carbocycles. The maximum Gasteiger partial charge on any atom is 0.261 e. The lowest BCUT2D eigenvalue weighted by Gasteiger charge is -2.22. The third-order valence-electron chi connectivity index (χ3n) is 2.90. The van der Waals surface area contributed by atoms with Gasteiger partial charge in [0, 0.05) is 29.6 Å². The summed E-state index contributed by atoms with van der Waals surface area (Å²) >= 11 is 0. The van der Waals surface area contributed by atoms with Gasteiger partial charge in [-0.3, -0.25) is 4.79 Å². The number of carbonyl (C=O) groups excluding carboxylic acids is 1. The molecule has 0 aromatic heterocycles. The average molecular weight is 274 g/mol. The molecule has 1 heterocycles. The normalized spacial score (nSPS) is 21.0. The minimum Gasteiger partial charge on any atom is -0.355 e. The topological polar surface area (TPSA) is 63.2 Å². The van der Waals surface area contributed by atoms with Crippen molar-refractivity contribution in [3.05, 3.63) is 29.8 Å². The Kier molecular flexibility index (Phi) is 3.40. The lowest BCUT2D eigenvalue weighted by molar-refractivity contribution is -0.122. The smallest absolute Gasteiger partial charge is 0.261 e. The second-order valence-corrected chi connectivity index (χ2v) is 6.61. The van der Waals surface area contributed by atoms with Gasteiger partial charge in [-0.25, -0.2) is 8.42 Å². The molecule has 4 nitrogen and oxygen atoms in total. The summed E-state index contributed by atoms with van der Waals surface area (Å²) in [5.41, 5.74) is 1.02. The van der Waals surface area contributed by atoms with Gasteiger partial charge in [-0.1, -0.05) is 12.1 Å². The molecule has 1 N–H and O–H groups in total. The number of nitrogens with one attached hydrogen (secondary N) is 1. The molecule has 0 aliphatic carbocycles. The highest BCUT2D eigenvalue weighted by Crippen LogP contribution is 2.25. The van der Waals surface area contributed by atoms with Crippen molar-refractivity contribution in [1.29, 1.82) is 0 Å². The lowest BCUT2D eigenvalue weighted by Crippen LogP contribution is -2.33. The van der Waals surface area contributed by atoms with Crippen LogP contribution in [0.25, 0.3) is 0 Å². The lowest BCUT2D eigenvalue weighted by atomic mass is 9.91. The first-order valence-corrected chi connectivity index (χ1v) is 7.59. The fourth-order valence-electron chi connectivity index (χ4n) is 1.92. The van der Waals surface area contributed by atoms with Gasteiger partial charge < -0.3 is 5.32 Å². The van der Waals surface area contributed by atoms with Gasteiger partial charge in [0.15, 0.2) is 0 Å². The van der Waals surface area contributed by atoms with Crippen molar-refractivity contribution in [2.75, 3.05) is 6.54 Å². The van der Waals surface area contributed by atoms with Crippen molar-refractivity contribution in [2.24, 2.45) is 0 Å². The Bertz CT molecular complexity index is 514. The van der Waals surface area contributed by atoms with Crippen LogP contribution in [0.15, 0.2) is 29.2 Å². The van der Waals surface area contributed by atoms with Crippen LogP contribution in [0.4, 0.5) is 0 Å². The number of piperidine rings is 1. The first-order valence-electron chi connectivity index (χ1n) is 5.28. The Morgan fingerprint density at radius 2 is 1.88 bits per heavy atom. The van der Waals surface area contributed by atoms with Crippen LogP contribution >= 0.6 is 10.7 Å². The van der Waals surface area contributed by atoms with E-state index in [2.05, 4.69) is 5.32 Å². The Labute approximate surface area is 104 Å². The first kappa shape index (κ1) is 12.4. The molecule has 1 aliphatic rings. The standard InChI is InChI=1S/C11H12ClNO3S/c12-17(15,16)10-4-1-8(2-5-10)9-3-6-11(14)13-7-9/h1-2,4-5,9H,3,6-7H2,(H,13,14). The molecule has 1 aromatic rings. The first-order chi connectivity index (χ1) is 7.97. The van der Waals surface area contributed by atoms with Crippen LogP contribution in [0.1, 0.15) is 24.3 Å². The molecule has 0 spiro atoms. The fourth-order valence-corrected chi connectivity index (χ4v) is 2.69. The summed E-state index contributed by atoms with van der Waals surface area (Å²) in [6.07, 6.45) is 1.30. The zero-order valence-electron chi connectivity index (χ0n) is 9.02. The molecule has 0 bridgehead atoms. The summed E-state index contributed by atoms with van der Waals surface area (Å²) in [5.74, 6) is 0.320. The van der Waals surface area contributed by atoms with Crippen LogP contribution < -0.4 is 5.32 Å². The maximum absolute atomic E-state index is 11.1. The zero-order valence-corrected chi connectivity index (χ0v) is 10.6. The predicted octanol–water partition coefficient (Wildman–Crippen LogP) is 1.61. The number of halogens is 1. The molecule has 1 atom stereocenters. The van der Waals surface area contributed by atoms with E-state index in [1.165, 1.54) is 12.1 Å². The van der Waals surface area contributed by atoms with Crippen molar-refractivity contribution in [3.63, 3.8) is 0 Å². The van der Waals surface area contributed by atoms with Gasteiger partial charge in [0.1, 0.15) is 0 Å². The van der Waals surface area contributed by atoms with Crippen LogP contribution in [-0.4, -0.2) is 20.9 Å². The largest absolute Gasteiger partial charge is 0.355 e. The van der Waals surface area contributed by atoms with Crippen molar-refractivity contribution in [3.8, 4) is 0 Å². The minimum absolute atomic E-state index is 0.0706. The van der Waals surface area contributed by atoms with Crippen LogP contribution in [0.2, 0.25) is 0 Å². The number of amides is 1. The fraction of sp³-hybridized carbons (Fsp3) is 0.364. The Balaban J connectivity index is 2.16. The van der Waals surface area contributed by atoms with Gasteiger partial charge in [-0.05, 0) is 24.1 Å². The summed E-state index contributed by atoms with van der Waals surface area (Å²) < 4.78 is 22.1.